The molecular weight excluding hydrogens is 368 g/mol. The lowest BCUT2D eigenvalue weighted by Gasteiger charge is -2.03. The van der Waals surface area contributed by atoms with Gasteiger partial charge in [-0.05, 0) is 42.3 Å². The molecule has 0 atom stereocenters. The number of nitrogens with one attached hydrogen (secondary N) is 2. The van der Waals surface area contributed by atoms with Crippen LogP contribution in [0, 0.1) is 11.8 Å². The molecule has 0 saturated carbocycles. The van der Waals surface area contributed by atoms with Gasteiger partial charge >= 0.3 is 0 Å². The van der Waals surface area contributed by atoms with Gasteiger partial charge in [0, 0.05) is 27.4 Å². The lowest BCUT2D eigenvalue weighted by atomic mass is 10.2. The van der Waals surface area contributed by atoms with E-state index in [1.807, 2.05) is 36.4 Å². The lowest BCUT2D eigenvalue weighted by molar-refractivity contribution is -0.111. The van der Waals surface area contributed by atoms with Gasteiger partial charge in [0.25, 0.3) is 5.91 Å². The van der Waals surface area contributed by atoms with Crippen molar-refractivity contribution in [3.05, 3.63) is 59.5 Å². The molecule has 118 valence electrons. The summed E-state index contributed by atoms with van der Waals surface area (Å²) >= 11 is 3.40. The van der Waals surface area contributed by atoms with Crippen molar-refractivity contribution in [2.24, 2.45) is 0 Å². The van der Waals surface area contributed by atoms with Crippen molar-refractivity contribution in [3.63, 3.8) is 0 Å². The summed E-state index contributed by atoms with van der Waals surface area (Å²) in [6.45, 7) is 0.384. The van der Waals surface area contributed by atoms with Gasteiger partial charge in [-0.15, -0.1) is 0 Å². The van der Waals surface area contributed by atoms with E-state index in [4.69, 9.17) is 0 Å². The average molecular weight is 381 g/mol. The van der Waals surface area contributed by atoms with Crippen molar-refractivity contribution < 1.29 is 4.79 Å². The van der Waals surface area contributed by atoms with E-state index in [9.17, 15) is 4.79 Å². The third kappa shape index (κ3) is 4.31. The summed E-state index contributed by atoms with van der Waals surface area (Å²) < 4.78 is 0.985. The van der Waals surface area contributed by atoms with Gasteiger partial charge in [-0.3, -0.25) is 4.79 Å². The van der Waals surface area contributed by atoms with Crippen molar-refractivity contribution >= 4 is 44.1 Å². The Morgan fingerprint density at radius 3 is 2.96 bits per heavy atom. The Bertz CT molecular complexity index is 946. The summed E-state index contributed by atoms with van der Waals surface area (Å²) in [5.74, 6) is 5.00. The smallest absolute Gasteiger partial charge is 0.300 e. The van der Waals surface area contributed by atoms with Gasteiger partial charge in [0.1, 0.15) is 6.33 Å². The van der Waals surface area contributed by atoms with E-state index in [0.717, 1.165) is 21.1 Å². The van der Waals surface area contributed by atoms with Crippen LogP contribution in [0.2, 0.25) is 0 Å². The van der Waals surface area contributed by atoms with E-state index >= 15 is 0 Å². The zero-order valence-corrected chi connectivity index (χ0v) is 14.2. The number of carbonyl (C=O) groups excluding carboxylic acids is 1. The zero-order valence-electron chi connectivity index (χ0n) is 12.6. The van der Waals surface area contributed by atoms with Crippen LogP contribution in [0.3, 0.4) is 0 Å². The Balaban J connectivity index is 1.57. The van der Waals surface area contributed by atoms with Gasteiger partial charge in [-0.2, -0.15) is 0 Å². The topological polar surface area (TPSA) is 66.9 Å². The third-order valence-corrected chi connectivity index (χ3v) is 3.66. The number of carbonyl (C=O) groups is 1. The minimum Gasteiger partial charge on any atom is -0.374 e. The fourth-order valence-electron chi connectivity index (χ4n) is 2.09. The van der Waals surface area contributed by atoms with Crippen molar-refractivity contribution in [2.75, 3.05) is 17.2 Å². The van der Waals surface area contributed by atoms with Gasteiger partial charge < -0.3 is 10.6 Å². The number of fused-ring (bicyclic) bond motifs is 1. The highest BCUT2D eigenvalue weighted by atomic mass is 79.9. The van der Waals surface area contributed by atoms with Crippen LogP contribution >= 0.6 is 15.9 Å². The van der Waals surface area contributed by atoms with Gasteiger partial charge in [-0.25, -0.2) is 9.97 Å². The average Bonchev–Trinajstić information content (AvgIpc) is 2.59. The summed E-state index contributed by atoms with van der Waals surface area (Å²) in [5, 5.41) is 6.73. The molecule has 3 rings (SSSR count). The first-order valence-electron chi connectivity index (χ1n) is 7.20. The Morgan fingerprint density at radius 2 is 2.08 bits per heavy atom. The number of hydrogen-bond acceptors (Lipinski definition) is 4. The normalized spacial score (nSPS) is 9.88. The van der Waals surface area contributed by atoms with Crippen LogP contribution in [-0.4, -0.2) is 22.4 Å². The molecular formula is C18H13BrN4O. The van der Waals surface area contributed by atoms with Crippen LogP contribution in [0.4, 0.5) is 11.4 Å². The molecule has 2 aromatic carbocycles. The monoisotopic (exact) mass is 380 g/mol. The Labute approximate surface area is 147 Å². The number of rotatable bonds is 3. The molecule has 0 saturated heterocycles. The van der Waals surface area contributed by atoms with E-state index in [-0.39, 0.29) is 5.91 Å². The Hall–Kier alpha value is -2.91. The highest BCUT2D eigenvalue weighted by molar-refractivity contribution is 9.10. The standard InChI is InChI=1S/C18H13BrN4O/c19-14-3-1-4-15(10-14)21-8-2-5-18(24)23-16-6-7-17-13(9-16)11-20-12-22-17/h1,3-4,6-7,9-12,21H,8H2,(H,23,24). The van der Waals surface area contributed by atoms with E-state index in [1.54, 1.807) is 12.3 Å². The second-order valence-electron chi connectivity index (χ2n) is 4.92. The molecule has 1 amide bonds. The van der Waals surface area contributed by atoms with Gasteiger partial charge in [0.15, 0.2) is 0 Å². The molecule has 0 radical (unpaired) electrons. The summed E-state index contributed by atoms with van der Waals surface area (Å²) in [6, 6.07) is 13.2. The second kappa shape index (κ2) is 7.57. The summed E-state index contributed by atoms with van der Waals surface area (Å²) in [7, 11) is 0. The minimum absolute atomic E-state index is 0.359. The number of anilines is 2. The van der Waals surface area contributed by atoms with Crippen molar-refractivity contribution in [2.45, 2.75) is 0 Å². The van der Waals surface area contributed by atoms with E-state index in [1.165, 1.54) is 6.33 Å². The number of amides is 1. The first-order chi connectivity index (χ1) is 11.7. The first-order valence-corrected chi connectivity index (χ1v) is 7.99. The fourth-order valence-corrected chi connectivity index (χ4v) is 2.49. The molecule has 1 heterocycles. The van der Waals surface area contributed by atoms with Crippen LogP contribution in [0.25, 0.3) is 10.9 Å². The third-order valence-electron chi connectivity index (χ3n) is 3.17. The maximum absolute atomic E-state index is 11.9. The van der Waals surface area contributed by atoms with Gasteiger partial charge in [0.05, 0.1) is 12.1 Å². The largest absolute Gasteiger partial charge is 0.374 e. The molecule has 0 spiro atoms. The molecule has 24 heavy (non-hydrogen) atoms. The number of hydrogen-bond donors (Lipinski definition) is 2. The van der Waals surface area contributed by atoms with Crippen LogP contribution in [0.5, 0.6) is 0 Å². The molecule has 2 N–H and O–H groups in total. The number of halogens is 1. The molecule has 6 heteroatoms. The summed E-state index contributed by atoms with van der Waals surface area (Å²) in [5.41, 5.74) is 2.43. The SMILES string of the molecule is O=C(C#CCNc1cccc(Br)c1)Nc1ccc2ncncc2c1. The Kier molecular flexibility index (Phi) is 5.04. The van der Waals surface area contributed by atoms with Crippen LogP contribution < -0.4 is 10.6 Å². The Morgan fingerprint density at radius 1 is 1.17 bits per heavy atom. The van der Waals surface area contributed by atoms with Crippen molar-refractivity contribution in [1.29, 1.82) is 0 Å². The number of nitrogens with zero attached hydrogens (tertiary/aromatic N) is 2. The summed E-state index contributed by atoms with van der Waals surface area (Å²) in [6.07, 6.45) is 3.19. The maximum Gasteiger partial charge on any atom is 0.300 e. The molecule has 0 bridgehead atoms. The molecule has 0 aliphatic rings. The summed E-state index contributed by atoms with van der Waals surface area (Å²) in [4.78, 5) is 20.0. The van der Waals surface area contributed by atoms with Gasteiger partial charge in [0.2, 0.25) is 0 Å². The second-order valence-corrected chi connectivity index (χ2v) is 5.83. The fraction of sp³-hybridized carbons (Fsp3) is 0.0556. The molecule has 1 aromatic heterocycles. The quantitative estimate of drug-likeness (QED) is 0.682. The minimum atomic E-state index is -0.359. The molecule has 3 aromatic rings. The number of benzene rings is 2. The lowest BCUT2D eigenvalue weighted by Crippen LogP contribution is -2.09. The van der Waals surface area contributed by atoms with E-state index in [0.29, 0.717) is 12.2 Å². The molecule has 0 unspecified atom stereocenters. The van der Waals surface area contributed by atoms with Crippen LogP contribution in [0.1, 0.15) is 0 Å². The highest BCUT2D eigenvalue weighted by Crippen LogP contribution is 2.16. The predicted octanol–water partition coefficient (Wildman–Crippen LogP) is 3.45. The van der Waals surface area contributed by atoms with Gasteiger partial charge in [-0.1, -0.05) is 27.9 Å². The zero-order chi connectivity index (χ0) is 16.8. The predicted molar refractivity (Wildman–Crippen MR) is 98.6 cm³/mol. The van der Waals surface area contributed by atoms with Crippen LogP contribution in [-0.2, 0) is 4.79 Å². The van der Waals surface area contributed by atoms with Crippen molar-refractivity contribution in [1.82, 2.24) is 9.97 Å². The van der Waals surface area contributed by atoms with E-state index in [2.05, 4.69) is 48.4 Å². The van der Waals surface area contributed by atoms with Crippen LogP contribution in [0.15, 0.2) is 59.5 Å². The number of aromatic nitrogens is 2. The molecule has 0 fully saturated rings. The molecule has 0 aliphatic heterocycles. The maximum atomic E-state index is 11.9. The molecule has 0 aliphatic carbocycles. The highest BCUT2D eigenvalue weighted by Gasteiger charge is 2.00. The van der Waals surface area contributed by atoms with Crippen molar-refractivity contribution in [3.8, 4) is 11.8 Å². The van der Waals surface area contributed by atoms with E-state index < -0.39 is 0 Å². The molecule has 5 nitrogen and oxygen atoms in total. The first kappa shape index (κ1) is 16.0.